The van der Waals surface area contributed by atoms with E-state index in [1.807, 2.05) is 6.20 Å². The number of nitrogens with one attached hydrogen (secondary N) is 1. The maximum absolute atomic E-state index is 4.08. The molecule has 1 aromatic rings. The first-order valence-corrected chi connectivity index (χ1v) is 5.15. The fourth-order valence-corrected chi connectivity index (χ4v) is 2.09. The Labute approximate surface area is 78.1 Å². The Morgan fingerprint density at radius 3 is 3.31 bits per heavy atom. The zero-order chi connectivity index (χ0) is 8.67. The van der Waals surface area contributed by atoms with Gasteiger partial charge in [-0.05, 0) is 30.7 Å². The number of rotatable bonds is 2. The molecule has 0 radical (unpaired) electrons. The lowest BCUT2D eigenvalue weighted by molar-refractivity contribution is 0.241. The van der Waals surface area contributed by atoms with Crippen molar-refractivity contribution in [1.29, 1.82) is 0 Å². The van der Waals surface area contributed by atoms with E-state index in [1.54, 1.807) is 0 Å². The minimum Gasteiger partial charge on any atom is -0.297 e. The molecule has 0 aromatic carbocycles. The van der Waals surface area contributed by atoms with Crippen LogP contribution in [0.3, 0.4) is 0 Å². The molecule has 13 heavy (non-hydrogen) atoms. The highest BCUT2D eigenvalue weighted by atomic mass is 15.2. The van der Waals surface area contributed by atoms with Crippen LogP contribution >= 0.6 is 0 Å². The topological polar surface area (TPSA) is 31.9 Å². The minimum absolute atomic E-state index is 1.00. The van der Waals surface area contributed by atoms with Crippen molar-refractivity contribution < 1.29 is 0 Å². The van der Waals surface area contributed by atoms with Gasteiger partial charge in [0.05, 0.1) is 11.9 Å². The van der Waals surface area contributed by atoms with Crippen molar-refractivity contribution in [2.24, 2.45) is 5.92 Å². The van der Waals surface area contributed by atoms with E-state index in [-0.39, 0.29) is 0 Å². The first-order chi connectivity index (χ1) is 6.42. The van der Waals surface area contributed by atoms with Crippen LogP contribution in [0.1, 0.15) is 24.1 Å². The maximum atomic E-state index is 4.08. The fraction of sp³-hybridized carbons (Fsp3) is 0.700. The average Bonchev–Trinajstić information content (AvgIpc) is 2.83. The summed E-state index contributed by atoms with van der Waals surface area (Å²) in [5.41, 5.74) is 2.76. The molecule has 3 rings (SSSR count). The van der Waals surface area contributed by atoms with Gasteiger partial charge in [0.2, 0.25) is 0 Å². The van der Waals surface area contributed by atoms with Crippen LogP contribution in [0.25, 0.3) is 0 Å². The zero-order valence-corrected chi connectivity index (χ0v) is 7.79. The Morgan fingerprint density at radius 1 is 1.54 bits per heavy atom. The van der Waals surface area contributed by atoms with Gasteiger partial charge in [0.15, 0.2) is 0 Å². The molecule has 2 heterocycles. The van der Waals surface area contributed by atoms with Crippen LogP contribution in [-0.4, -0.2) is 28.2 Å². The molecular weight excluding hydrogens is 162 g/mol. The molecule has 1 saturated carbocycles. The number of nitrogens with zero attached hydrogens (tertiary/aromatic N) is 2. The van der Waals surface area contributed by atoms with Gasteiger partial charge in [-0.3, -0.25) is 10.00 Å². The summed E-state index contributed by atoms with van der Waals surface area (Å²) in [5.74, 6) is 1.00. The highest BCUT2D eigenvalue weighted by molar-refractivity contribution is 5.19. The molecule has 0 bridgehead atoms. The van der Waals surface area contributed by atoms with Gasteiger partial charge in [0.1, 0.15) is 0 Å². The number of H-pyrrole nitrogens is 1. The summed E-state index contributed by atoms with van der Waals surface area (Å²) in [6, 6.07) is 0. The lowest BCUT2D eigenvalue weighted by Gasteiger charge is -2.25. The molecule has 0 amide bonds. The van der Waals surface area contributed by atoms with Crippen LogP contribution < -0.4 is 0 Å². The monoisotopic (exact) mass is 177 g/mol. The van der Waals surface area contributed by atoms with Crippen molar-refractivity contribution >= 4 is 0 Å². The molecule has 0 spiro atoms. The highest BCUT2D eigenvalue weighted by Gasteiger charge is 2.26. The van der Waals surface area contributed by atoms with Crippen LogP contribution in [0, 0.1) is 5.92 Å². The van der Waals surface area contributed by atoms with E-state index in [9.17, 15) is 0 Å². The SMILES string of the molecule is c1n[nH]c2c1CCN(CC1CC1)C2. The third kappa shape index (κ3) is 1.48. The van der Waals surface area contributed by atoms with Gasteiger partial charge in [-0.15, -0.1) is 0 Å². The molecule has 0 atom stereocenters. The Balaban J connectivity index is 1.69. The van der Waals surface area contributed by atoms with E-state index in [0.29, 0.717) is 0 Å². The molecule has 1 N–H and O–H groups in total. The summed E-state index contributed by atoms with van der Waals surface area (Å²) < 4.78 is 0. The number of hydrogen-bond donors (Lipinski definition) is 1. The van der Waals surface area contributed by atoms with Crippen LogP contribution in [0.2, 0.25) is 0 Å². The molecule has 2 aliphatic rings. The Bertz CT molecular complexity index is 301. The van der Waals surface area contributed by atoms with E-state index in [2.05, 4.69) is 15.1 Å². The number of hydrogen-bond acceptors (Lipinski definition) is 2. The predicted molar refractivity (Wildman–Crippen MR) is 50.3 cm³/mol. The van der Waals surface area contributed by atoms with Crippen molar-refractivity contribution in [3.63, 3.8) is 0 Å². The summed E-state index contributed by atoms with van der Waals surface area (Å²) in [5, 5.41) is 7.17. The molecule has 0 saturated heterocycles. The molecule has 70 valence electrons. The van der Waals surface area contributed by atoms with Gasteiger partial charge in [-0.2, -0.15) is 5.10 Å². The van der Waals surface area contributed by atoms with Crippen molar-refractivity contribution in [1.82, 2.24) is 15.1 Å². The third-order valence-electron chi connectivity index (χ3n) is 3.10. The minimum atomic E-state index is 1.00. The Kier molecular flexibility index (Phi) is 1.65. The molecule has 1 aliphatic heterocycles. The normalized spacial score (nSPS) is 23.1. The van der Waals surface area contributed by atoms with Crippen LogP contribution in [0.4, 0.5) is 0 Å². The Hall–Kier alpha value is -0.830. The molecule has 0 unspecified atom stereocenters. The molecular formula is C10H15N3. The van der Waals surface area contributed by atoms with Gasteiger partial charge < -0.3 is 0 Å². The maximum Gasteiger partial charge on any atom is 0.0524 e. The quantitative estimate of drug-likeness (QED) is 0.735. The summed E-state index contributed by atoms with van der Waals surface area (Å²) in [4.78, 5) is 2.55. The molecule has 3 nitrogen and oxygen atoms in total. The van der Waals surface area contributed by atoms with Crippen LogP contribution in [-0.2, 0) is 13.0 Å². The van der Waals surface area contributed by atoms with Crippen LogP contribution in [0.15, 0.2) is 6.20 Å². The van der Waals surface area contributed by atoms with Crippen molar-refractivity contribution in [3.8, 4) is 0 Å². The van der Waals surface area contributed by atoms with Gasteiger partial charge in [-0.25, -0.2) is 0 Å². The third-order valence-corrected chi connectivity index (χ3v) is 3.10. The van der Waals surface area contributed by atoms with E-state index >= 15 is 0 Å². The van der Waals surface area contributed by atoms with Gasteiger partial charge in [-0.1, -0.05) is 0 Å². The number of aromatic amines is 1. The summed E-state index contributed by atoms with van der Waals surface area (Å²) >= 11 is 0. The number of aromatic nitrogens is 2. The van der Waals surface area contributed by atoms with Gasteiger partial charge >= 0.3 is 0 Å². The second kappa shape index (κ2) is 2.84. The second-order valence-corrected chi connectivity index (χ2v) is 4.30. The smallest absolute Gasteiger partial charge is 0.0524 e. The van der Waals surface area contributed by atoms with Gasteiger partial charge in [0.25, 0.3) is 0 Å². The van der Waals surface area contributed by atoms with Crippen molar-refractivity contribution in [2.45, 2.75) is 25.8 Å². The molecule has 1 fully saturated rings. The van der Waals surface area contributed by atoms with Crippen LogP contribution in [0.5, 0.6) is 0 Å². The molecule has 1 aromatic heterocycles. The standard InChI is InChI=1S/C10H15N3/c1-2-8(1)6-13-4-3-9-5-11-12-10(9)7-13/h5,8H,1-4,6-7H2,(H,11,12). The van der Waals surface area contributed by atoms with E-state index < -0.39 is 0 Å². The average molecular weight is 177 g/mol. The van der Waals surface area contributed by atoms with E-state index in [1.165, 1.54) is 43.6 Å². The number of fused-ring (bicyclic) bond motifs is 1. The van der Waals surface area contributed by atoms with Gasteiger partial charge in [0, 0.05) is 19.6 Å². The lowest BCUT2D eigenvalue weighted by Crippen LogP contribution is -2.31. The first-order valence-electron chi connectivity index (χ1n) is 5.15. The van der Waals surface area contributed by atoms with Crippen molar-refractivity contribution in [2.75, 3.05) is 13.1 Å². The molecule has 1 aliphatic carbocycles. The van der Waals surface area contributed by atoms with Crippen molar-refractivity contribution in [3.05, 3.63) is 17.5 Å². The fourth-order valence-electron chi connectivity index (χ4n) is 2.09. The second-order valence-electron chi connectivity index (χ2n) is 4.30. The Morgan fingerprint density at radius 2 is 2.46 bits per heavy atom. The molecule has 3 heteroatoms. The van der Waals surface area contributed by atoms with E-state index in [4.69, 9.17) is 0 Å². The summed E-state index contributed by atoms with van der Waals surface area (Å²) in [7, 11) is 0. The zero-order valence-electron chi connectivity index (χ0n) is 7.79. The first kappa shape index (κ1) is 7.56. The summed E-state index contributed by atoms with van der Waals surface area (Å²) in [6.07, 6.45) is 6.06. The lowest BCUT2D eigenvalue weighted by atomic mass is 10.1. The largest absolute Gasteiger partial charge is 0.297 e. The highest BCUT2D eigenvalue weighted by Crippen LogP contribution is 2.31. The predicted octanol–water partition coefficient (Wildman–Crippen LogP) is 1.18. The van der Waals surface area contributed by atoms with E-state index in [0.717, 1.165) is 12.5 Å². The summed E-state index contributed by atoms with van der Waals surface area (Å²) in [6.45, 7) is 3.62.